The first kappa shape index (κ1) is 19.9. The van der Waals surface area contributed by atoms with Gasteiger partial charge in [0.1, 0.15) is 5.78 Å². The van der Waals surface area contributed by atoms with Crippen molar-refractivity contribution in [3.63, 3.8) is 0 Å². The number of carbonyl (C=O) groups excluding carboxylic acids is 2. The highest BCUT2D eigenvalue weighted by molar-refractivity contribution is 7.92. The third-order valence-corrected chi connectivity index (χ3v) is 10.7. The second kappa shape index (κ2) is 6.08. The highest BCUT2D eigenvalue weighted by Crippen LogP contribution is 2.71. The lowest BCUT2D eigenvalue weighted by Crippen LogP contribution is -2.50. The minimum atomic E-state index is -3.34. The van der Waals surface area contributed by atoms with Crippen molar-refractivity contribution in [3.8, 4) is 0 Å². The molecule has 3 fully saturated rings. The SMILES string of the molecule is CC1(C)[C@@]2(C(=O)N3CCC(c4nnsc4S(C)(=O)=O)CC3)CC[C@@]1(C)C(=O)C2. The van der Waals surface area contributed by atoms with E-state index >= 15 is 0 Å². The van der Waals surface area contributed by atoms with E-state index in [2.05, 4.69) is 23.4 Å². The van der Waals surface area contributed by atoms with Crippen molar-refractivity contribution >= 4 is 33.1 Å². The Balaban J connectivity index is 1.52. The molecule has 28 heavy (non-hydrogen) atoms. The summed E-state index contributed by atoms with van der Waals surface area (Å²) in [6, 6.07) is 0. The Morgan fingerprint density at radius 1 is 1.18 bits per heavy atom. The first-order valence-electron chi connectivity index (χ1n) is 9.79. The van der Waals surface area contributed by atoms with Crippen molar-refractivity contribution in [3.05, 3.63) is 5.69 Å². The van der Waals surface area contributed by atoms with Crippen LogP contribution < -0.4 is 0 Å². The number of piperidine rings is 1. The van der Waals surface area contributed by atoms with E-state index in [0.717, 1.165) is 24.4 Å². The number of hydrogen-bond acceptors (Lipinski definition) is 7. The summed E-state index contributed by atoms with van der Waals surface area (Å²) in [6.45, 7) is 7.30. The average molecular weight is 426 g/mol. The van der Waals surface area contributed by atoms with Crippen LogP contribution in [0.4, 0.5) is 0 Å². The molecule has 9 heteroatoms. The van der Waals surface area contributed by atoms with Crippen LogP contribution in [0.25, 0.3) is 0 Å². The summed E-state index contributed by atoms with van der Waals surface area (Å²) in [5, 5.41) is 4.07. The number of sulfone groups is 1. The molecule has 1 aliphatic heterocycles. The molecule has 2 aliphatic carbocycles. The highest BCUT2D eigenvalue weighted by atomic mass is 32.2. The van der Waals surface area contributed by atoms with Crippen molar-refractivity contribution < 1.29 is 18.0 Å². The first-order chi connectivity index (χ1) is 12.9. The number of ketones is 1. The van der Waals surface area contributed by atoms with Crippen LogP contribution in [0.1, 0.15) is 64.5 Å². The van der Waals surface area contributed by atoms with E-state index in [0.29, 0.717) is 38.0 Å². The molecule has 0 spiro atoms. The Hall–Kier alpha value is -1.35. The molecule has 0 unspecified atom stereocenters. The molecule has 2 atom stereocenters. The second-order valence-electron chi connectivity index (χ2n) is 9.42. The maximum atomic E-state index is 13.6. The summed E-state index contributed by atoms with van der Waals surface area (Å²) in [5.41, 5.74) is -0.793. The number of likely N-dealkylation sites (tertiary alicyclic amines) is 1. The number of amides is 1. The first-order valence-corrected chi connectivity index (χ1v) is 12.5. The average Bonchev–Trinajstić information content (AvgIpc) is 3.23. The largest absolute Gasteiger partial charge is 0.342 e. The van der Waals surface area contributed by atoms with Gasteiger partial charge in [0.25, 0.3) is 0 Å². The molecule has 1 amide bonds. The maximum absolute atomic E-state index is 13.6. The molecule has 4 rings (SSSR count). The van der Waals surface area contributed by atoms with Gasteiger partial charge in [-0.1, -0.05) is 25.3 Å². The summed E-state index contributed by atoms with van der Waals surface area (Å²) < 4.78 is 28.0. The van der Waals surface area contributed by atoms with E-state index in [1.54, 1.807) is 0 Å². The van der Waals surface area contributed by atoms with Gasteiger partial charge < -0.3 is 4.90 Å². The third kappa shape index (κ3) is 2.47. The zero-order chi connectivity index (χ0) is 20.5. The molecule has 0 radical (unpaired) electrons. The van der Waals surface area contributed by atoms with Crippen molar-refractivity contribution in [2.24, 2.45) is 16.2 Å². The van der Waals surface area contributed by atoms with Crippen molar-refractivity contribution in [1.29, 1.82) is 0 Å². The lowest BCUT2D eigenvalue weighted by molar-refractivity contribution is -0.149. The molecule has 0 N–H and O–H groups in total. The van der Waals surface area contributed by atoms with Gasteiger partial charge in [0.15, 0.2) is 14.0 Å². The topological polar surface area (TPSA) is 97.3 Å². The Bertz CT molecular complexity index is 946. The van der Waals surface area contributed by atoms with Gasteiger partial charge in [-0.2, -0.15) is 0 Å². The lowest BCUT2D eigenvalue weighted by Gasteiger charge is -2.43. The molecule has 1 aromatic heterocycles. The second-order valence-corrected chi connectivity index (χ2v) is 12.4. The number of Topliss-reactive ketones (excluding diaryl/α,β-unsaturated/α-hetero) is 1. The van der Waals surface area contributed by atoms with E-state index in [1.807, 2.05) is 11.8 Å². The van der Waals surface area contributed by atoms with Crippen LogP contribution in [0.2, 0.25) is 0 Å². The normalized spacial score (nSPS) is 32.9. The summed E-state index contributed by atoms with van der Waals surface area (Å²) >= 11 is 0.919. The monoisotopic (exact) mass is 425 g/mol. The lowest BCUT2D eigenvalue weighted by atomic mass is 9.64. The quantitative estimate of drug-likeness (QED) is 0.738. The fourth-order valence-corrected chi connectivity index (χ4v) is 7.42. The number of fused-ring (bicyclic) bond motifs is 2. The molecule has 1 aromatic rings. The zero-order valence-electron chi connectivity index (χ0n) is 16.8. The molecule has 154 valence electrons. The summed E-state index contributed by atoms with van der Waals surface area (Å²) in [7, 11) is -3.34. The highest BCUT2D eigenvalue weighted by Gasteiger charge is 2.73. The van der Waals surface area contributed by atoms with Crippen molar-refractivity contribution in [1.82, 2.24) is 14.5 Å². The molecule has 7 nitrogen and oxygen atoms in total. The van der Waals surface area contributed by atoms with Gasteiger partial charge in [-0.15, -0.1) is 5.10 Å². The fourth-order valence-electron chi connectivity index (χ4n) is 5.69. The van der Waals surface area contributed by atoms with Gasteiger partial charge >= 0.3 is 0 Å². The smallest absolute Gasteiger partial charge is 0.229 e. The zero-order valence-corrected chi connectivity index (χ0v) is 18.5. The minimum Gasteiger partial charge on any atom is -0.342 e. The van der Waals surface area contributed by atoms with E-state index in [4.69, 9.17) is 0 Å². The van der Waals surface area contributed by atoms with Crippen LogP contribution in [-0.2, 0) is 19.4 Å². The van der Waals surface area contributed by atoms with E-state index < -0.39 is 20.7 Å². The predicted molar refractivity (Wildman–Crippen MR) is 105 cm³/mol. The number of nitrogens with zero attached hydrogens (tertiary/aromatic N) is 3. The van der Waals surface area contributed by atoms with Crippen LogP contribution in [0.15, 0.2) is 4.21 Å². The van der Waals surface area contributed by atoms with Crippen molar-refractivity contribution in [2.75, 3.05) is 19.3 Å². The number of aromatic nitrogens is 2. The Kier molecular flexibility index (Phi) is 4.33. The van der Waals surface area contributed by atoms with Crippen LogP contribution in [0.5, 0.6) is 0 Å². The minimum absolute atomic E-state index is 0.00270. The molecular formula is C19H27N3O4S2. The molecular weight excluding hydrogens is 398 g/mol. The van der Waals surface area contributed by atoms with Crippen LogP contribution >= 0.6 is 11.5 Å². The number of carbonyl (C=O) groups is 2. The predicted octanol–water partition coefficient (Wildman–Crippen LogP) is 2.43. The van der Waals surface area contributed by atoms with Gasteiger partial charge in [0, 0.05) is 48.6 Å². The van der Waals surface area contributed by atoms with Gasteiger partial charge in [-0.3, -0.25) is 9.59 Å². The fraction of sp³-hybridized carbons (Fsp3) is 0.789. The van der Waals surface area contributed by atoms with Gasteiger partial charge in [-0.25, -0.2) is 8.42 Å². The summed E-state index contributed by atoms with van der Waals surface area (Å²) in [5.74, 6) is 0.320. The van der Waals surface area contributed by atoms with Gasteiger partial charge in [0.05, 0.1) is 11.1 Å². The Morgan fingerprint density at radius 2 is 1.82 bits per heavy atom. The summed E-state index contributed by atoms with van der Waals surface area (Å²) in [6.07, 6.45) is 4.42. The van der Waals surface area contributed by atoms with E-state index in [9.17, 15) is 18.0 Å². The van der Waals surface area contributed by atoms with Gasteiger partial charge in [-0.05, 0) is 31.1 Å². The maximum Gasteiger partial charge on any atom is 0.229 e. The molecule has 0 aromatic carbocycles. The van der Waals surface area contributed by atoms with Crippen LogP contribution in [0.3, 0.4) is 0 Å². The molecule has 3 aliphatic rings. The number of hydrogen-bond donors (Lipinski definition) is 0. The van der Waals surface area contributed by atoms with E-state index in [1.165, 1.54) is 6.26 Å². The van der Waals surface area contributed by atoms with Gasteiger partial charge in [0.2, 0.25) is 5.91 Å². The van der Waals surface area contributed by atoms with Crippen LogP contribution in [0, 0.1) is 16.2 Å². The Morgan fingerprint density at radius 3 is 2.32 bits per heavy atom. The molecule has 2 saturated carbocycles. The number of rotatable bonds is 3. The summed E-state index contributed by atoms with van der Waals surface area (Å²) in [4.78, 5) is 28.1. The standard InChI is InChI=1S/C19H27N3O4S2/c1-17(2)18(3)7-8-19(17,11-13(18)23)16(24)22-9-5-12(6-10-22)14-15(27-21-20-14)28(4,25)26/h12H,5-11H2,1-4H3/t18-,19-/m0/s1. The third-order valence-electron chi connectivity index (χ3n) is 8.10. The molecule has 1 saturated heterocycles. The van der Waals surface area contributed by atoms with Crippen LogP contribution in [-0.4, -0.2) is 53.9 Å². The molecule has 2 heterocycles. The Labute approximate surface area is 170 Å². The molecule has 2 bridgehead atoms. The van der Waals surface area contributed by atoms with E-state index in [-0.39, 0.29) is 27.2 Å². The van der Waals surface area contributed by atoms with Crippen molar-refractivity contribution in [2.45, 2.75) is 63.0 Å².